The molecule has 0 fully saturated rings. The molecule has 1 atom stereocenters. The third kappa shape index (κ3) is 3.21. The van der Waals surface area contributed by atoms with Crippen LogP contribution in [0.1, 0.15) is 31.7 Å². The third-order valence-corrected chi connectivity index (χ3v) is 3.11. The minimum absolute atomic E-state index is 0.129. The predicted octanol–water partition coefficient (Wildman–Crippen LogP) is 3.33. The highest BCUT2D eigenvalue weighted by Gasteiger charge is 2.11. The lowest BCUT2D eigenvalue weighted by atomic mass is 10.0. The number of benzene rings is 1. The van der Waals surface area contributed by atoms with E-state index in [1.165, 1.54) is 0 Å². The van der Waals surface area contributed by atoms with Gasteiger partial charge in [0.25, 0.3) is 0 Å². The van der Waals surface area contributed by atoms with E-state index in [2.05, 4.69) is 22.9 Å². The molecule has 0 spiro atoms. The largest absolute Gasteiger partial charge is 0.492 e. The fraction of sp³-hybridized carbons (Fsp3) is 0.500. The Bertz CT molecular complexity index is 312. The molecule has 0 bridgehead atoms. The van der Waals surface area contributed by atoms with Crippen molar-refractivity contribution in [2.24, 2.45) is 0 Å². The number of hydrogen-bond acceptors (Lipinski definition) is 2. The molecule has 84 valence electrons. The Labute approximate surface area is 99.4 Å². The van der Waals surface area contributed by atoms with Crippen LogP contribution in [0, 0.1) is 0 Å². The van der Waals surface area contributed by atoms with E-state index in [-0.39, 0.29) is 12.5 Å². The summed E-state index contributed by atoms with van der Waals surface area (Å²) in [5.74, 6) is 0.985. The summed E-state index contributed by atoms with van der Waals surface area (Å²) in [7, 11) is 0. The zero-order valence-corrected chi connectivity index (χ0v) is 10.8. The van der Waals surface area contributed by atoms with Crippen LogP contribution in [0.15, 0.2) is 22.7 Å². The molecule has 0 amide bonds. The van der Waals surface area contributed by atoms with Crippen LogP contribution in [-0.2, 0) is 0 Å². The van der Waals surface area contributed by atoms with Crippen molar-refractivity contribution in [3.05, 3.63) is 28.2 Å². The first-order valence-corrected chi connectivity index (χ1v) is 6.02. The average Bonchev–Trinajstić information content (AvgIpc) is 2.27. The van der Waals surface area contributed by atoms with Gasteiger partial charge in [0.2, 0.25) is 0 Å². The maximum absolute atomic E-state index is 9.12. The van der Waals surface area contributed by atoms with E-state index >= 15 is 0 Å². The van der Waals surface area contributed by atoms with Crippen LogP contribution in [-0.4, -0.2) is 18.3 Å². The van der Waals surface area contributed by atoms with E-state index in [9.17, 15) is 0 Å². The first-order chi connectivity index (χ1) is 7.20. The van der Waals surface area contributed by atoms with Crippen LogP contribution in [0.2, 0.25) is 0 Å². The lowest BCUT2D eigenvalue weighted by Crippen LogP contribution is -2.02. The van der Waals surface area contributed by atoms with Gasteiger partial charge in [0.15, 0.2) is 0 Å². The number of ether oxygens (including phenoxy) is 1. The second kappa shape index (κ2) is 6.13. The zero-order chi connectivity index (χ0) is 11.3. The fourth-order valence-electron chi connectivity index (χ4n) is 1.33. The Morgan fingerprint density at radius 3 is 2.80 bits per heavy atom. The average molecular weight is 273 g/mol. The van der Waals surface area contributed by atoms with Crippen molar-refractivity contribution < 1.29 is 9.84 Å². The Balaban J connectivity index is 2.90. The van der Waals surface area contributed by atoms with Crippen molar-refractivity contribution in [2.75, 3.05) is 13.2 Å². The van der Waals surface area contributed by atoms with Crippen molar-refractivity contribution in [3.63, 3.8) is 0 Å². The maximum atomic E-state index is 9.12. The van der Waals surface area contributed by atoms with Crippen LogP contribution in [0.25, 0.3) is 0 Å². The molecule has 1 rings (SSSR count). The van der Waals surface area contributed by atoms with Crippen molar-refractivity contribution in [1.82, 2.24) is 0 Å². The first-order valence-electron chi connectivity index (χ1n) is 5.22. The molecule has 1 aromatic carbocycles. The van der Waals surface area contributed by atoms with E-state index < -0.39 is 0 Å². The monoisotopic (exact) mass is 272 g/mol. The summed E-state index contributed by atoms with van der Waals surface area (Å²) in [6.07, 6.45) is 0.992. The van der Waals surface area contributed by atoms with Crippen LogP contribution in [0.3, 0.4) is 0 Å². The molecule has 0 saturated heterocycles. The molecule has 0 aliphatic rings. The van der Waals surface area contributed by atoms with E-state index in [1.54, 1.807) is 0 Å². The van der Waals surface area contributed by atoms with Crippen LogP contribution >= 0.6 is 15.9 Å². The molecule has 2 nitrogen and oxygen atoms in total. The van der Waals surface area contributed by atoms with Gasteiger partial charge in [0, 0.05) is 12.5 Å². The van der Waals surface area contributed by atoms with Gasteiger partial charge in [0.1, 0.15) is 5.75 Å². The fourth-order valence-corrected chi connectivity index (χ4v) is 2.10. The van der Waals surface area contributed by atoms with Gasteiger partial charge in [-0.3, -0.25) is 0 Å². The molecular formula is C12H17BrO2. The highest BCUT2D eigenvalue weighted by atomic mass is 79.9. The molecule has 1 N–H and O–H groups in total. The van der Waals surface area contributed by atoms with Crippen molar-refractivity contribution >= 4 is 15.9 Å². The summed E-state index contributed by atoms with van der Waals surface area (Å²) in [6.45, 7) is 4.93. The Hall–Kier alpha value is -0.540. The van der Waals surface area contributed by atoms with Gasteiger partial charge in [0.05, 0.1) is 11.1 Å². The first kappa shape index (κ1) is 12.5. The molecule has 0 radical (unpaired) electrons. The molecule has 1 aromatic rings. The zero-order valence-electron chi connectivity index (χ0n) is 9.16. The minimum atomic E-state index is 0.129. The number of aliphatic hydroxyl groups is 1. The smallest absolute Gasteiger partial charge is 0.133 e. The van der Waals surface area contributed by atoms with Gasteiger partial charge < -0.3 is 9.84 Å². The lowest BCUT2D eigenvalue weighted by molar-refractivity contribution is 0.271. The maximum Gasteiger partial charge on any atom is 0.133 e. The lowest BCUT2D eigenvalue weighted by Gasteiger charge is -2.14. The Morgan fingerprint density at radius 1 is 1.47 bits per heavy atom. The molecule has 15 heavy (non-hydrogen) atoms. The van der Waals surface area contributed by atoms with Gasteiger partial charge in [-0.05, 0) is 34.0 Å². The molecule has 1 unspecified atom stereocenters. The normalized spacial score (nSPS) is 12.5. The Kier molecular flexibility index (Phi) is 5.12. The van der Waals surface area contributed by atoms with E-state index in [0.29, 0.717) is 0 Å². The van der Waals surface area contributed by atoms with Crippen molar-refractivity contribution in [3.8, 4) is 5.75 Å². The number of halogens is 1. The van der Waals surface area contributed by atoms with Gasteiger partial charge in [-0.25, -0.2) is 0 Å². The summed E-state index contributed by atoms with van der Waals surface area (Å²) < 4.78 is 6.55. The van der Waals surface area contributed by atoms with Gasteiger partial charge in [-0.1, -0.05) is 26.0 Å². The van der Waals surface area contributed by atoms with Gasteiger partial charge in [-0.15, -0.1) is 0 Å². The SMILES string of the molecule is CCCOc1cccc(C(C)CO)c1Br. The summed E-state index contributed by atoms with van der Waals surface area (Å²) >= 11 is 3.52. The molecule has 3 heteroatoms. The van der Waals surface area contributed by atoms with Crippen molar-refractivity contribution in [1.29, 1.82) is 0 Å². The van der Waals surface area contributed by atoms with E-state index in [1.807, 2.05) is 25.1 Å². The summed E-state index contributed by atoms with van der Waals surface area (Å²) in [4.78, 5) is 0. The van der Waals surface area contributed by atoms with E-state index in [4.69, 9.17) is 9.84 Å². The van der Waals surface area contributed by atoms with Crippen LogP contribution < -0.4 is 4.74 Å². The van der Waals surface area contributed by atoms with Crippen molar-refractivity contribution in [2.45, 2.75) is 26.2 Å². The van der Waals surface area contributed by atoms with Gasteiger partial charge >= 0.3 is 0 Å². The second-order valence-corrected chi connectivity index (χ2v) is 4.38. The van der Waals surface area contributed by atoms with Crippen LogP contribution in [0.5, 0.6) is 5.75 Å². The Morgan fingerprint density at radius 2 is 2.20 bits per heavy atom. The van der Waals surface area contributed by atoms with Crippen LogP contribution in [0.4, 0.5) is 0 Å². The summed E-state index contributed by atoms with van der Waals surface area (Å²) in [5, 5.41) is 9.12. The molecule has 0 aromatic heterocycles. The molecule has 0 aliphatic carbocycles. The highest BCUT2D eigenvalue weighted by Crippen LogP contribution is 2.33. The molecule has 0 heterocycles. The summed E-state index contributed by atoms with van der Waals surface area (Å²) in [6, 6.07) is 5.90. The number of rotatable bonds is 5. The second-order valence-electron chi connectivity index (χ2n) is 3.59. The predicted molar refractivity (Wildman–Crippen MR) is 65.4 cm³/mol. The standard InChI is InChI=1S/C12H17BrO2/c1-3-7-15-11-6-4-5-10(12(11)13)9(2)8-14/h4-6,9,14H,3,7-8H2,1-2H3. The topological polar surface area (TPSA) is 29.5 Å². The van der Waals surface area contributed by atoms with Gasteiger partial charge in [-0.2, -0.15) is 0 Å². The molecule has 0 aliphatic heterocycles. The number of hydrogen-bond donors (Lipinski definition) is 1. The molecule has 0 saturated carbocycles. The summed E-state index contributed by atoms with van der Waals surface area (Å²) in [5.41, 5.74) is 1.09. The minimum Gasteiger partial charge on any atom is -0.492 e. The molecular weight excluding hydrogens is 256 g/mol. The third-order valence-electron chi connectivity index (χ3n) is 2.26. The quantitative estimate of drug-likeness (QED) is 0.891. The van der Waals surface area contributed by atoms with E-state index in [0.717, 1.165) is 28.8 Å². The number of aliphatic hydroxyl groups excluding tert-OH is 1. The highest BCUT2D eigenvalue weighted by molar-refractivity contribution is 9.10.